The maximum Gasteiger partial charge on any atom is 1.00 e. The van der Waals surface area contributed by atoms with Gasteiger partial charge in [0.05, 0.1) is 24.8 Å². The van der Waals surface area contributed by atoms with Crippen molar-refractivity contribution in [1.29, 1.82) is 0 Å². The summed E-state index contributed by atoms with van der Waals surface area (Å²) in [6.45, 7) is 2.45. The Hall–Kier alpha value is -0.520. The number of ether oxygens (including phenoxy) is 3. The molecule has 0 radical (unpaired) electrons. The molecule has 0 saturated carbocycles. The van der Waals surface area contributed by atoms with E-state index < -0.39 is 88.7 Å². The second kappa shape index (κ2) is 31.3. The first kappa shape index (κ1) is 56.5. The van der Waals surface area contributed by atoms with Crippen molar-refractivity contribution in [2.45, 2.75) is 159 Å². The van der Waals surface area contributed by atoms with E-state index in [1.54, 1.807) is 36.4 Å². The van der Waals surface area contributed by atoms with Crippen LogP contribution in [0.2, 0.25) is 0 Å². The molecule has 1 aliphatic rings. The van der Waals surface area contributed by atoms with Gasteiger partial charge in [0.25, 0.3) is 0 Å². The van der Waals surface area contributed by atoms with Crippen LogP contribution in [-0.4, -0.2) is 104 Å². The molecule has 0 spiro atoms. The minimum absolute atomic E-state index is 0. The molecule has 7 atom stereocenters. The number of aliphatic hydroxyl groups is 2. The fourth-order valence-corrected chi connectivity index (χ4v) is 6.75. The van der Waals surface area contributed by atoms with Crippen molar-refractivity contribution in [3.63, 3.8) is 0 Å². The van der Waals surface area contributed by atoms with Crippen LogP contribution in [0, 0.1) is 0 Å². The van der Waals surface area contributed by atoms with E-state index >= 15 is 0 Å². The molecule has 316 valence electrons. The van der Waals surface area contributed by atoms with Gasteiger partial charge < -0.3 is 38.8 Å². The molecule has 1 heterocycles. The van der Waals surface area contributed by atoms with Gasteiger partial charge in [-0.1, -0.05) is 115 Å². The molecule has 57 heavy (non-hydrogen) atoms. The molecule has 0 bridgehead atoms. The number of unbranched alkanes of at least 4 members (excludes halogenated alkanes) is 13. The van der Waals surface area contributed by atoms with Gasteiger partial charge in [-0.2, -0.15) is 0 Å². The number of benzene rings is 1. The van der Waals surface area contributed by atoms with Crippen molar-refractivity contribution in [3.8, 4) is 0 Å². The average molecular weight is 868 g/mol. The molecular formula is C37H59NNa2O15S2. The number of rotatable bonds is 29. The Labute approximate surface area is 383 Å². The Balaban J connectivity index is 0.0000157. The van der Waals surface area contributed by atoms with Crippen LogP contribution in [0.3, 0.4) is 0 Å². The summed E-state index contributed by atoms with van der Waals surface area (Å²) < 4.78 is 93.5. The Morgan fingerprint density at radius 2 is 1.39 bits per heavy atom. The van der Waals surface area contributed by atoms with Gasteiger partial charge in [0.2, 0.25) is 26.7 Å². The Kier molecular flexibility index (Phi) is 31.1. The van der Waals surface area contributed by atoms with E-state index in [4.69, 9.17) is 14.2 Å². The zero-order chi connectivity index (χ0) is 40.7. The van der Waals surface area contributed by atoms with Crippen LogP contribution in [-0.2, 0) is 48.2 Å². The first-order valence-corrected chi connectivity index (χ1v) is 21.9. The molecule has 1 amide bonds. The number of hydrogen-bond acceptors (Lipinski definition) is 15. The molecule has 20 heteroatoms. The summed E-state index contributed by atoms with van der Waals surface area (Å²) in [5.41, 5.74) is 0.221. The zero-order valence-electron chi connectivity index (χ0n) is 33.8. The van der Waals surface area contributed by atoms with Gasteiger partial charge in [-0.3, -0.25) is 13.2 Å². The van der Waals surface area contributed by atoms with E-state index in [1.807, 2.05) is 13.0 Å². The molecule has 1 saturated heterocycles. The molecule has 3 N–H and O–H groups in total. The molecule has 0 unspecified atom stereocenters. The molecule has 0 aromatic heterocycles. The molecular weight excluding hydrogens is 809 g/mol. The van der Waals surface area contributed by atoms with Gasteiger partial charge in [0, 0.05) is 6.42 Å². The molecule has 1 aromatic carbocycles. The summed E-state index contributed by atoms with van der Waals surface area (Å²) in [6.07, 6.45) is 7.70. The van der Waals surface area contributed by atoms with Crippen molar-refractivity contribution < 1.29 is 127 Å². The number of hydrogen-bond donors (Lipinski definition) is 3. The normalized spacial score (nSPS) is 20.9. The summed E-state index contributed by atoms with van der Waals surface area (Å²) in [7, 11) is -10.8. The van der Waals surface area contributed by atoms with E-state index in [2.05, 4.69) is 20.6 Å². The van der Waals surface area contributed by atoms with Gasteiger partial charge >= 0.3 is 65.1 Å². The minimum atomic E-state index is -5.54. The van der Waals surface area contributed by atoms with Crippen LogP contribution < -0.4 is 64.4 Å². The molecule has 1 aromatic rings. The van der Waals surface area contributed by atoms with Crippen LogP contribution >= 0.6 is 0 Å². The number of allylic oxidation sites excluding steroid dienone is 1. The van der Waals surface area contributed by atoms with Gasteiger partial charge in [-0.15, -0.1) is 0 Å². The molecule has 16 nitrogen and oxygen atoms in total. The first-order valence-electron chi connectivity index (χ1n) is 19.2. The Morgan fingerprint density at radius 1 is 0.825 bits per heavy atom. The average Bonchev–Trinajstić information content (AvgIpc) is 3.13. The van der Waals surface area contributed by atoms with E-state index in [-0.39, 0.29) is 71.1 Å². The second-order valence-electron chi connectivity index (χ2n) is 13.6. The van der Waals surface area contributed by atoms with E-state index in [0.29, 0.717) is 12.8 Å². The predicted molar refractivity (Wildman–Crippen MR) is 199 cm³/mol. The molecule has 1 fully saturated rings. The quantitative estimate of drug-likeness (QED) is 0.0204. The summed E-state index contributed by atoms with van der Waals surface area (Å²) in [4.78, 5) is 26.4. The van der Waals surface area contributed by atoms with Crippen molar-refractivity contribution in [2.75, 3.05) is 13.2 Å². The van der Waals surface area contributed by atoms with Crippen molar-refractivity contribution >= 4 is 32.7 Å². The molecule has 1 aliphatic heterocycles. The van der Waals surface area contributed by atoms with E-state index in [1.165, 1.54) is 44.9 Å². The second-order valence-corrected chi connectivity index (χ2v) is 15.7. The molecule has 2 rings (SSSR count). The van der Waals surface area contributed by atoms with Crippen molar-refractivity contribution in [3.05, 3.63) is 48.0 Å². The fraction of sp³-hybridized carbons (Fsp3) is 0.730. The third-order valence-corrected chi connectivity index (χ3v) is 9.88. The number of aliphatic hydroxyl groups excluding tert-OH is 2. The van der Waals surface area contributed by atoms with Gasteiger partial charge in [0.15, 0.2) is 12.4 Å². The number of carbonyl (C=O) groups is 2. The summed E-state index contributed by atoms with van der Waals surface area (Å²) in [5.74, 6) is -1.15. The van der Waals surface area contributed by atoms with Gasteiger partial charge in [0.1, 0.15) is 24.4 Å². The summed E-state index contributed by atoms with van der Waals surface area (Å²) in [5, 5.41) is 23.9. The Morgan fingerprint density at radius 3 is 1.95 bits per heavy atom. The van der Waals surface area contributed by atoms with Crippen LogP contribution in [0.5, 0.6) is 0 Å². The summed E-state index contributed by atoms with van der Waals surface area (Å²) in [6, 6.07) is 6.93. The maximum absolute atomic E-state index is 13.3. The fourth-order valence-electron chi connectivity index (χ4n) is 5.98. The van der Waals surface area contributed by atoms with Gasteiger partial charge in [-0.05, 0) is 37.5 Å². The van der Waals surface area contributed by atoms with Crippen LogP contribution in [0.25, 0.3) is 0 Å². The largest absolute Gasteiger partial charge is 1.00 e. The SMILES string of the molecule is CCCCCCCCCCCCC/C=C/[C@@H](OC(=O)c1ccccc1)[C@H](CO[C@@H]1O[C@H](COS(=O)(=O)[O-])[C@H](O)[C@H](O)[C@H]1OS(=O)(=O)[O-])NC(=O)CCCCC.[Na+].[Na+]. The van der Waals surface area contributed by atoms with Crippen LogP contribution in [0.15, 0.2) is 42.5 Å². The third-order valence-electron chi connectivity index (χ3n) is 8.99. The van der Waals surface area contributed by atoms with Crippen LogP contribution in [0.1, 0.15) is 127 Å². The number of esters is 1. The van der Waals surface area contributed by atoms with Crippen molar-refractivity contribution in [1.82, 2.24) is 5.32 Å². The third kappa shape index (κ3) is 25.1. The topological polar surface area (TPSA) is 247 Å². The minimum Gasteiger partial charge on any atom is -0.726 e. The maximum atomic E-state index is 13.3. The van der Waals surface area contributed by atoms with Crippen LogP contribution in [0.4, 0.5) is 0 Å². The zero-order valence-corrected chi connectivity index (χ0v) is 39.5. The first-order chi connectivity index (χ1) is 26.1. The standard InChI is InChI=1S/C37H61NO15S2.2Na/c1-3-5-7-8-9-10-11-12-13-14-15-16-21-24-30(51-36(42)28-22-19-17-20-23-28)29(38-32(39)25-18-6-4-2)26-49-37-35(53-55(46,47)48)34(41)33(40)31(52-37)27-50-54(43,44)45;;/h17,19-24,29-31,33-35,37,40-41H,3-16,18,25-27H2,1-2H3,(H,38,39)(H,43,44,45)(H,46,47,48);;/q;2*+1/p-2/b24-21+;;/t29-,30+,31+,33-,34-,35+,37+;;/m0../s1. The molecule has 0 aliphatic carbocycles. The van der Waals surface area contributed by atoms with E-state index in [0.717, 1.165) is 38.5 Å². The number of nitrogens with one attached hydrogen (secondary N) is 1. The monoisotopic (exact) mass is 867 g/mol. The van der Waals surface area contributed by atoms with Crippen molar-refractivity contribution in [2.24, 2.45) is 0 Å². The number of carbonyl (C=O) groups excluding carboxylic acids is 2. The predicted octanol–water partition coefficient (Wildman–Crippen LogP) is -1.67. The number of amides is 1. The van der Waals surface area contributed by atoms with Gasteiger partial charge in [-0.25, -0.2) is 21.6 Å². The smallest absolute Gasteiger partial charge is 0.726 e. The van der Waals surface area contributed by atoms with E-state index in [9.17, 15) is 45.7 Å². The Bertz CT molecular complexity index is 1490. The summed E-state index contributed by atoms with van der Waals surface area (Å²) >= 11 is 0.